The molecule has 1 unspecified atom stereocenters. The van der Waals surface area contributed by atoms with Crippen LogP contribution in [0.2, 0.25) is 0 Å². The molecule has 0 radical (unpaired) electrons. The molecule has 0 spiro atoms. The van der Waals surface area contributed by atoms with Gasteiger partial charge in [0.2, 0.25) is 0 Å². The van der Waals surface area contributed by atoms with Crippen molar-refractivity contribution in [3.8, 4) is 5.75 Å². The van der Waals surface area contributed by atoms with Crippen LogP contribution >= 0.6 is 8.03 Å². The molecule has 0 aliphatic carbocycles. The van der Waals surface area contributed by atoms with E-state index in [1.54, 1.807) is 0 Å². The van der Waals surface area contributed by atoms with Crippen molar-refractivity contribution in [1.82, 2.24) is 0 Å². The average Bonchev–Trinajstić information content (AvgIpc) is 2.86. The molecule has 0 saturated heterocycles. The molecule has 0 aliphatic heterocycles. The number of hydrogen-bond acceptors (Lipinski definition) is 2. The molecule has 0 saturated carbocycles. The van der Waals surface area contributed by atoms with Crippen molar-refractivity contribution in [3.63, 3.8) is 0 Å². The number of benzene rings is 1. The Bertz CT molecular complexity index is 628. The predicted molar refractivity (Wildman–Crippen MR) is 156 cm³/mol. The summed E-state index contributed by atoms with van der Waals surface area (Å²) >= 11 is 0. The zero-order valence-corrected chi connectivity index (χ0v) is 24.7. The molecule has 3 heteroatoms. The molecule has 1 rings (SSSR count). The molecule has 0 aliphatic rings. The van der Waals surface area contributed by atoms with Crippen LogP contribution in [0.4, 0.5) is 0 Å². The highest BCUT2D eigenvalue weighted by atomic mass is 31.1. The molecule has 2 nitrogen and oxygen atoms in total. The maximum absolute atomic E-state index is 12.8. The largest absolute Gasteiger partial charge is 0.556 e. The lowest BCUT2D eigenvalue weighted by atomic mass is 9.95. The van der Waals surface area contributed by atoms with Gasteiger partial charge < -0.3 is 0 Å². The van der Waals surface area contributed by atoms with Crippen LogP contribution in [-0.2, 0) is 17.4 Å². The van der Waals surface area contributed by atoms with E-state index in [1.165, 1.54) is 133 Å². The smallest absolute Gasteiger partial charge is 0.254 e. The van der Waals surface area contributed by atoms with Crippen molar-refractivity contribution in [1.29, 1.82) is 0 Å². The summed E-state index contributed by atoms with van der Waals surface area (Å²) in [5, 5.41) is 0. The first-order chi connectivity index (χ1) is 17.2. The molecule has 0 amide bonds. The van der Waals surface area contributed by atoms with Gasteiger partial charge in [0.15, 0.2) is 11.9 Å². The fraction of sp³-hybridized carbons (Fsp3) is 0.812. The second-order valence-corrected chi connectivity index (χ2v) is 11.8. The maximum atomic E-state index is 12.8. The minimum absolute atomic E-state index is 0.695. The van der Waals surface area contributed by atoms with Gasteiger partial charge in [0.05, 0.1) is 0 Å². The minimum Gasteiger partial charge on any atom is -0.254 e. The monoisotopic (exact) mass is 505 g/mol. The molecule has 202 valence electrons. The molecular formula is C32H58O2P+. The highest BCUT2D eigenvalue weighted by Crippen LogP contribution is 2.34. The molecular weight excluding hydrogens is 447 g/mol. The summed E-state index contributed by atoms with van der Waals surface area (Å²) in [6.07, 6.45) is 28.9. The van der Waals surface area contributed by atoms with Crippen LogP contribution in [0.3, 0.4) is 0 Å². The first kappa shape index (κ1) is 32.1. The van der Waals surface area contributed by atoms with Crippen LogP contribution in [0.15, 0.2) is 18.2 Å². The van der Waals surface area contributed by atoms with Gasteiger partial charge in [0.1, 0.15) is 0 Å². The fourth-order valence-corrected chi connectivity index (χ4v) is 5.89. The molecule has 0 heterocycles. The van der Waals surface area contributed by atoms with E-state index in [4.69, 9.17) is 4.52 Å². The summed E-state index contributed by atoms with van der Waals surface area (Å²) in [5.74, 6) is 0.906. The summed E-state index contributed by atoms with van der Waals surface area (Å²) in [4.78, 5) is 0. The second-order valence-electron chi connectivity index (χ2n) is 10.6. The van der Waals surface area contributed by atoms with Crippen LogP contribution < -0.4 is 4.52 Å². The van der Waals surface area contributed by atoms with Crippen LogP contribution in [0.25, 0.3) is 0 Å². The molecule has 1 atom stereocenters. The SMILES string of the molecule is CCCCCCCCCc1cccc(O[P+](=O)CCCCCCCC)c1CCCCCCCCC. The molecule has 35 heavy (non-hydrogen) atoms. The molecule has 0 bridgehead atoms. The Morgan fingerprint density at radius 3 is 1.57 bits per heavy atom. The van der Waals surface area contributed by atoms with Crippen molar-refractivity contribution in [2.24, 2.45) is 0 Å². The fourth-order valence-electron chi connectivity index (χ4n) is 4.92. The van der Waals surface area contributed by atoms with Gasteiger partial charge in [-0.2, -0.15) is 0 Å². The topological polar surface area (TPSA) is 26.3 Å². The Kier molecular flexibility index (Phi) is 21.6. The summed E-state index contributed by atoms with van der Waals surface area (Å²) in [6.45, 7) is 6.81. The molecule has 0 aromatic heterocycles. The summed E-state index contributed by atoms with van der Waals surface area (Å²) < 4.78 is 18.9. The van der Waals surface area contributed by atoms with E-state index in [0.717, 1.165) is 25.0 Å². The van der Waals surface area contributed by atoms with Gasteiger partial charge in [-0.15, -0.1) is 0 Å². The third-order valence-electron chi connectivity index (χ3n) is 7.20. The molecule has 1 aromatic rings. The Morgan fingerprint density at radius 2 is 1.03 bits per heavy atom. The number of aryl methyl sites for hydroxylation is 1. The Balaban J connectivity index is 2.59. The Morgan fingerprint density at radius 1 is 0.571 bits per heavy atom. The summed E-state index contributed by atoms with van der Waals surface area (Å²) in [6, 6.07) is 6.48. The third-order valence-corrected chi connectivity index (χ3v) is 8.29. The first-order valence-corrected chi connectivity index (χ1v) is 16.8. The van der Waals surface area contributed by atoms with Gasteiger partial charge in [-0.1, -0.05) is 136 Å². The second kappa shape index (κ2) is 23.5. The minimum atomic E-state index is -1.61. The Hall–Kier alpha value is -0.880. The van der Waals surface area contributed by atoms with E-state index in [-0.39, 0.29) is 0 Å². The third kappa shape index (κ3) is 17.3. The maximum Gasteiger partial charge on any atom is 0.556 e. The normalized spacial score (nSPS) is 11.7. The van der Waals surface area contributed by atoms with Gasteiger partial charge in [-0.3, -0.25) is 4.52 Å². The lowest BCUT2D eigenvalue weighted by molar-refractivity contribution is 0.495. The highest BCUT2D eigenvalue weighted by molar-refractivity contribution is 7.39. The van der Waals surface area contributed by atoms with E-state index in [0.29, 0.717) is 6.16 Å². The highest BCUT2D eigenvalue weighted by Gasteiger charge is 2.21. The average molecular weight is 506 g/mol. The summed E-state index contributed by atoms with van der Waals surface area (Å²) in [5.41, 5.74) is 2.78. The van der Waals surface area contributed by atoms with Crippen molar-refractivity contribution < 1.29 is 9.09 Å². The number of hydrogen-bond donors (Lipinski definition) is 0. The van der Waals surface area contributed by atoms with E-state index in [9.17, 15) is 4.57 Å². The van der Waals surface area contributed by atoms with Crippen LogP contribution in [0.5, 0.6) is 5.75 Å². The molecule has 0 N–H and O–H groups in total. The standard InChI is InChI=1S/C32H58O2P/c1-4-7-10-13-16-18-21-25-30-26-24-28-32(31(30)27-22-19-17-14-11-8-5-2)34-35(33)29-23-20-15-12-9-6-3/h24,26,28H,4-23,25,27,29H2,1-3H3/q+1. The van der Waals surface area contributed by atoms with E-state index in [1.807, 2.05) is 0 Å². The van der Waals surface area contributed by atoms with Gasteiger partial charge in [0.25, 0.3) is 0 Å². The van der Waals surface area contributed by atoms with Gasteiger partial charge in [-0.05, 0) is 54.7 Å². The molecule has 0 fully saturated rings. The van der Waals surface area contributed by atoms with Gasteiger partial charge in [-0.25, -0.2) is 0 Å². The van der Waals surface area contributed by atoms with Gasteiger partial charge >= 0.3 is 8.03 Å². The van der Waals surface area contributed by atoms with Crippen LogP contribution in [0.1, 0.15) is 160 Å². The van der Waals surface area contributed by atoms with Crippen molar-refractivity contribution in [2.75, 3.05) is 6.16 Å². The summed E-state index contributed by atoms with van der Waals surface area (Å²) in [7, 11) is -1.61. The van der Waals surface area contributed by atoms with Crippen LogP contribution in [0, 0.1) is 0 Å². The zero-order valence-electron chi connectivity index (χ0n) is 23.8. The number of unbranched alkanes of at least 4 members (excludes halogenated alkanes) is 17. The molecule has 1 aromatic carbocycles. The van der Waals surface area contributed by atoms with E-state index < -0.39 is 8.03 Å². The van der Waals surface area contributed by atoms with Crippen LogP contribution in [-0.4, -0.2) is 6.16 Å². The zero-order chi connectivity index (χ0) is 25.4. The van der Waals surface area contributed by atoms with Crippen molar-refractivity contribution in [2.45, 2.75) is 162 Å². The van der Waals surface area contributed by atoms with Gasteiger partial charge in [0, 0.05) is 5.56 Å². The van der Waals surface area contributed by atoms with E-state index in [2.05, 4.69) is 39.0 Å². The first-order valence-electron chi connectivity index (χ1n) is 15.5. The van der Waals surface area contributed by atoms with Crippen molar-refractivity contribution >= 4 is 8.03 Å². The van der Waals surface area contributed by atoms with E-state index >= 15 is 0 Å². The quantitative estimate of drug-likeness (QED) is 0.0975. The lowest BCUT2D eigenvalue weighted by Crippen LogP contribution is -2.00. The predicted octanol–water partition coefficient (Wildman–Crippen LogP) is 11.8. The number of rotatable bonds is 25. The Labute approximate surface area is 220 Å². The lowest BCUT2D eigenvalue weighted by Gasteiger charge is -2.12. The van der Waals surface area contributed by atoms with Crippen molar-refractivity contribution in [3.05, 3.63) is 29.3 Å².